The molecule has 2 aromatic heterocycles. The molecule has 1 aliphatic heterocycles. The molecule has 0 atom stereocenters. The molecule has 35 heavy (non-hydrogen) atoms. The summed E-state index contributed by atoms with van der Waals surface area (Å²) in [5.41, 5.74) is 3.28. The Labute approximate surface area is 206 Å². The highest BCUT2D eigenvalue weighted by Crippen LogP contribution is 2.29. The summed E-state index contributed by atoms with van der Waals surface area (Å²) in [5, 5.41) is 18.2. The summed E-state index contributed by atoms with van der Waals surface area (Å²) in [6.07, 6.45) is 3.14. The number of aromatic nitrogens is 3. The molecule has 0 bridgehead atoms. The van der Waals surface area contributed by atoms with Gasteiger partial charge in [0.05, 0.1) is 13.3 Å². The zero-order chi connectivity index (χ0) is 24.8. The van der Waals surface area contributed by atoms with E-state index in [9.17, 15) is 9.90 Å². The van der Waals surface area contributed by atoms with Crippen LogP contribution in [0.1, 0.15) is 29.9 Å². The van der Waals surface area contributed by atoms with Crippen molar-refractivity contribution < 1.29 is 14.6 Å². The lowest BCUT2D eigenvalue weighted by Gasteiger charge is -2.35. The van der Waals surface area contributed by atoms with Crippen molar-refractivity contribution in [2.24, 2.45) is 0 Å². The number of nitrogens with zero attached hydrogens (tertiary/aromatic N) is 6. The van der Waals surface area contributed by atoms with Gasteiger partial charge in [0.25, 0.3) is 5.91 Å². The molecule has 4 rings (SSSR count). The predicted octanol–water partition coefficient (Wildman–Crippen LogP) is 3.06. The molecule has 1 aliphatic rings. The number of anilines is 1. The zero-order valence-electron chi connectivity index (χ0n) is 20.5. The van der Waals surface area contributed by atoms with E-state index < -0.39 is 0 Å². The Balaban J connectivity index is 1.36. The molecule has 3 heterocycles. The van der Waals surface area contributed by atoms with Crippen molar-refractivity contribution in [1.82, 2.24) is 25.0 Å². The van der Waals surface area contributed by atoms with Crippen LogP contribution >= 0.6 is 0 Å². The molecule has 1 aromatic carbocycles. The number of piperazine rings is 1. The summed E-state index contributed by atoms with van der Waals surface area (Å²) in [5.74, 6) is 1.66. The van der Waals surface area contributed by atoms with E-state index in [-0.39, 0.29) is 11.7 Å². The Kier molecular flexibility index (Phi) is 7.77. The smallest absolute Gasteiger partial charge is 0.274 e. The summed E-state index contributed by atoms with van der Waals surface area (Å²) in [6, 6.07) is 11.4. The van der Waals surface area contributed by atoms with Gasteiger partial charge in [-0.05, 0) is 43.7 Å². The molecule has 1 amide bonds. The third-order valence-corrected chi connectivity index (χ3v) is 6.35. The molecule has 0 saturated carbocycles. The van der Waals surface area contributed by atoms with E-state index in [2.05, 4.69) is 31.0 Å². The molecule has 0 unspecified atom stereocenters. The topological polar surface area (TPSA) is 94.9 Å². The molecule has 0 spiro atoms. The van der Waals surface area contributed by atoms with Gasteiger partial charge in [-0.25, -0.2) is 0 Å². The number of pyridine rings is 1. The van der Waals surface area contributed by atoms with Gasteiger partial charge in [0.2, 0.25) is 0 Å². The average Bonchev–Trinajstić information content (AvgIpc) is 2.90. The first-order chi connectivity index (χ1) is 17.0. The average molecular weight is 477 g/mol. The minimum Gasteiger partial charge on any atom is -0.506 e. The Bertz CT molecular complexity index is 1140. The van der Waals surface area contributed by atoms with Crippen molar-refractivity contribution in [3.8, 4) is 22.6 Å². The summed E-state index contributed by atoms with van der Waals surface area (Å²) in [7, 11) is 1.68. The number of amides is 1. The van der Waals surface area contributed by atoms with Gasteiger partial charge in [-0.3, -0.25) is 14.7 Å². The zero-order valence-corrected chi connectivity index (χ0v) is 20.5. The van der Waals surface area contributed by atoms with Gasteiger partial charge in [0.1, 0.15) is 11.5 Å². The van der Waals surface area contributed by atoms with Crippen molar-refractivity contribution in [3.63, 3.8) is 0 Å². The van der Waals surface area contributed by atoms with Crippen LogP contribution in [0.5, 0.6) is 11.5 Å². The van der Waals surface area contributed by atoms with Crippen LogP contribution in [0.15, 0.2) is 48.8 Å². The largest absolute Gasteiger partial charge is 0.506 e. The second kappa shape index (κ2) is 11.1. The highest BCUT2D eigenvalue weighted by atomic mass is 16.5. The molecule has 9 heteroatoms. The Morgan fingerprint density at radius 1 is 1.00 bits per heavy atom. The number of methoxy groups -OCH3 is 1. The number of ether oxygens (including phenoxy) is 1. The van der Waals surface area contributed by atoms with Gasteiger partial charge in [-0.15, -0.1) is 10.2 Å². The minimum absolute atomic E-state index is 0.0841. The van der Waals surface area contributed by atoms with Gasteiger partial charge in [-0.2, -0.15) is 0 Å². The second-order valence-electron chi connectivity index (χ2n) is 8.48. The van der Waals surface area contributed by atoms with Crippen LogP contribution in [-0.4, -0.2) is 82.4 Å². The van der Waals surface area contributed by atoms with Crippen LogP contribution in [0.25, 0.3) is 11.1 Å². The first-order valence-electron chi connectivity index (χ1n) is 11.9. The predicted molar refractivity (Wildman–Crippen MR) is 135 cm³/mol. The molecule has 9 nitrogen and oxygen atoms in total. The number of carbonyl (C=O) groups is 1. The second-order valence-corrected chi connectivity index (χ2v) is 8.48. The summed E-state index contributed by atoms with van der Waals surface area (Å²) in [6.45, 7) is 9.41. The Hall–Kier alpha value is -3.72. The molecule has 1 fully saturated rings. The molecular weight excluding hydrogens is 444 g/mol. The maximum atomic E-state index is 12.5. The van der Waals surface area contributed by atoms with Crippen molar-refractivity contribution in [1.29, 1.82) is 0 Å². The Morgan fingerprint density at radius 2 is 1.77 bits per heavy atom. The first kappa shape index (κ1) is 24.4. The van der Waals surface area contributed by atoms with Crippen LogP contribution in [0.2, 0.25) is 0 Å². The van der Waals surface area contributed by atoms with Crippen LogP contribution in [0.4, 0.5) is 5.82 Å². The van der Waals surface area contributed by atoms with Crippen molar-refractivity contribution in [2.75, 3.05) is 51.3 Å². The van der Waals surface area contributed by atoms with E-state index >= 15 is 0 Å². The third kappa shape index (κ3) is 5.68. The molecular formula is C26H32N6O3. The standard InChI is InChI=1S/C26H32N6O3/c1-4-31(5-2)26(34)23-8-9-25(29-28-23)32-12-10-30(11-13-32)18-20-7-6-19(15-24(20)35-3)21-14-22(33)17-27-16-21/h6-9,14-17,33H,4-5,10-13,18H2,1-3H3. The SMILES string of the molecule is CCN(CC)C(=O)c1ccc(N2CCN(Cc3ccc(-c4cncc(O)c4)cc3OC)CC2)nn1. The van der Waals surface area contributed by atoms with E-state index in [1.54, 1.807) is 30.3 Å². The third-order valence-electron chi connectivity index (χ3n) is 6.35. The highest BCUT2D eigenvalue weighted by molar-refractivity contribution is 5.92. The maximum Gasteiger partial charge on any atom is 0.274 e. The fraction of sp³-hybridized carbons (Fsp3) is 0.385. The van der Waals surface area contributed by atoms with Gasteiger partial charge >= 0.3 is 0 Å². The molecule has 184 valence electrons. The maximum absolute atomic E-state index is 12.5. The van der Waals surface area contributed by atoms with Gasteiger partial charge in [0, 0.05) is 63.1 Å². The number of carbonyl (C=O) groups excluding carboxylic acids is 1. The van der Waals surface area contributed by atoms with E-state index in [1.165, 1.54) is 6.20 Å². The molecule has 0 radical (unpaired) electrons. The van der Waals surface area contributed by atoms with Crippen LogP contribution in [0.3, 0.4) is 0 Å². The van der Waals surface area contributed by atoms with Crippen molar-refractivity contribution in [2.45, 2.75) is 20.4 Å². The van der Waals surface area contributed by atoms with Crippen LogP contribution in [-0.2, 0) is 6.54 Å². The Morgan fingerprint density at radius 3 is 2.40 bits per heavy atom. The molecule has 1 saturated heterocycles. The van der Waals surface area contributed by atoms with E-state index in [0.717, 1.165) is 61.0 Å². The lowest BCUT2D eigenvalue weighted by Crippen LogP contribution is -2.46. The normalized spacial score (nSPS) is 14.1. The van der Waals surface area contributed by atoms with E-state index in [0.29, 0.717) is 18.8 Å². The van der Waals surface area contributed by atoms with E-state index in [4.69, 9.17) is 4.74 Å². The minimum atomic E-state index is -0.0841. The number of hydrogen-bond donors (Lipinski definition) is 1. The van der Waals surface area contributed by atoms with Crippen molar-refractivity contribution >= 4 is 11.7 Å². The molecule has 0 aliphatic carbocycles. The first-order valence-corrected chi connectivity index (χ1v) is 11.9. The number of hydrogen-bond acceptors (Lipinski definition) is 8. The molecule has 3 aromatic rings. The van der Waals surface area contributed by atoms with Crippen LogP contribution in [0, 0.1) is 0 Å². The summed E-state index contributed by atoms with van der Waals surface area (Å²) < 4.78 is 5.66. The van der Waals surface area contributed by atoms with Gasteiger partial charge in [0.15, 0.2) is 11.5 Å². The number of benzene rings is 1. The lowest BCUT2D eigenvalue weighted by atomic mass is 10.0. The quantitative estimate of drug-likeness (QED) is 0.530. The highest BCUT2D eigenvalue weighted by Gasteiger charge is 2.21. The summed E-state index contributed by atoms with van der Waals surface area (Å²) >= 11 is 0. The summed E-state index contributed by atoms with van der Waals surface area (Å²) in [4.78, 5) is 22.8. The van der Waals surface area contributed by atoms with Gasteiger partial charge in [-0.1, -0.05) is 12.1 Å². The fourth-order valence-electron chi connectivity index (χ4n) is 4.30. The van der Waals surface area contributed by atoms with Crippen molar-refractivity contribution in [3.05, 3.63) is 60.0 Å². The lowest BCUT2D eigenvalue weighted by molar-refractivity contribution is 0.0766. The van der Waals surface area contributed by atoms with Crippen LogP contribution < -0.4 is 9.64 Å². The monoisotopic (exact) mass is 476 g/mol. The fourth-order valence-corrected chi connectivity index (χ4v) is 4.30. The number of aromatic hydroxyl groups is 1. The van der Waals surface area contributed by atoms with E-state index in [1.807, 2.05) is 32.0 Å². The van der Waals surface area contributed by atoms with Gasteiger partial charge < -0.3 is 19.6 Å². The molecule has 1 N–H and O–H groups in total. The number of rotatable bonds is 8.